The quantitative estimate of drug-likeness (QED) is 0.393. The highest BCUT2D eigenvalue weighted by atomic mass is 31.2. The molecule has 1 rings (SSSR count). The molecule has 0 saturated carbocycles. The molecular formula is C14H24F6N3O4P. The largest absolute Gasteiger partial charge is 0.434 e. The zero-order chi connectivity index (χ0) is 22.0. The Balaban J connectivity index is 3.37. The third-order valence-corrected chi connectivity index (χ3v) is 7.37. The fourth-order valence-electron chi connectivity index (χ4n) is 2.68. The van der Waals surface area contributed by atoms with Crippen molar-refractivity contribution < 1.29 is 45.1 Å². The molecule has 1 aliphatic heterocycles. The molecule has 1 heterocycles. The van der Waals surface area contributed by atoms with E-state index in [2.05, 4.69) is 4.99 Å². The van der Waals surface area contributed by atoms with E-state index in [1.807, 2.05) is 0 Å². The number of hydrogen-bond acceptors (Lipinski definition) is 7. The zero-order valence-corrected chi connectivity index (χ0v) is 16.6. The van der Waals surface area contributed by atoms with Crippen LogP contribution in [0.1, 0.15) is 40.5 Å². The van der Waals surface area contributed by atoms with E-state index in [0.717, 1.165) is 5.32 Å². The fourth-order valence-corrected chi connectivity index (χ4v) is 4.79. The smallest absolute Gasteiger partial charge is 0.359 e. The first-order valence-corrected chi connectivity index (χ1v) is 9.99. The van der Waals surface area contributed by atoms with Gasteiger partial charge < -0.3 is 19.5 Å². The van der Waals surface area contributed by atoms with E-state index in [0.29, 0.717) is 0 Å². The van der Waals surface area contributed by atoms with E-state index < -0.39 is 49.4 Å². The minimum Gasteiger partial charge on any atom is -0.359 e. The standard InChI is InChI=1S/C14H24F6N3O4P/c1-5-11(4,28(25,26-6-2)27-7-3)8-9-21-10(24)23-12(22-9,13(15,16)17)14(18,19)20/h10,23-24H,5-8H2,1-4H3,(H,21,22)/t10-,11+/m1/s1. The second kappa shape index (κ2) is 8.47. The maximum atomic E-state index is 13.3. The number of nitrogens with zero attached hydrogens (tertiary/aromatic N) is 1. The van der Waals surface area contributed by atoms with Gasteiger partial charge in [0.2, 0.25) is 6.35 Å². The highest BCUT2D eigenvalue weighted by Gasteiger charge is 2.73. The molecule has 3 N–H and O–H groups in total. The molecule has 0 bridgehead atoms. The van der Waals surface area contributed by atoms with Crippen molar-refractivity contribution in [1.82, 2.24) is 10.6 Å². The zero-order valence-electron chi connectivity index (χ0n) is 15.7. The third-order valence-electron chi connectivity index (χ3n) is 4.38. The molecule has 0 unspecified atom stereocenters. The molecule has 0 aromatic rings. The number of amidine groups is 1. The summed E-state index contributed by atoms with van der Waals surface area (Å²) in [6, 6.07) is 0. The molecule has 1 aliphatic rings. The van der Waals surface area contributed by atoms with Crippen molar-refractivity contribution in [1.29, 1.82) is 0 Å². The van der Waals surface area contributed by atoms with Crippen LogP contribution in [-0.2, 0) is 13.6 Å². The molecule has 0 saturated heterocycles. The average Bonchev–Trinajstić information content (AvgIpc) is 2.52. The number of aliphatic hydroxyl groups excluding tert-OH is 1. The highest BCUT2D eigenvalue weighted by Crippen LogP contribution is 2.63. The number of alkyl halides is 6. The van der Waals surface area contributed by atoms with Crippen LogP contribution in [0.25, 0.3) is 0 Å². The van der Waals surface area contributed by atoms with Crippen LogP contribution in [0, 0.1) is 0 Å². The summed E-state index contributed by atoms with van der Waals surface area (Å²) in [5.74, 6) is -0.829. The summed E-state index contributed by atoms with van der Waals surface area (Å²) >= 11 is 0. The average molecular weight is 443 g/mol. The van der Waals surface area contributed by atoms with Crippen LogP contribution in [0.4, 0.5) is 26.3 Å². The lowest BCUT2D eigenvalue weighted by atomic mass is 10.0. The van der Waals surface area contributed by atoms with Crippen LogP contribution in [0.5, 0.6) is 0 Å². The van der Waals surface area contributed by atoms with Gasteiger partial charge in [-0.25, -0.2) is 10.3 Å². The molecular weight excluding hydrogens is 419 g/mol. The van der Waals surface area contributed by atoms with Gasteiger partial charge in [-0.1, -0.05) is 6.92 Å². The second-order valence-corrected chi connectivity index (χ2v) is 8.92. The van der Waals surface area contributed by atoms with Crippen LogP contribution >= 0.6 is 7.60 Å². The minimum atomic E-state index is -5.86. The lowest BCUT2D eigenvalue weighted by Crippen LogP contribution is -2.78. The normalized spacial score (nSPS) is 23.0. The highest BCUT2D eigenvalue weighted by molar-refractivity contribution is 7.55. The number of nitrogens with one attached hydrogen (secondary N) is 2. The lowest BCUT2D eigenvalue weighted by Gasteiger charge is -2.44. The summed E-state index contributed by atoms with van der Waals surface area (Å²) in [6.45, 7) is 5.82. The van der Waals surface area contributed by atoms with Gasteiger partial charge in [-0.15, -0.1) is 0 Å². The first-order chi connectivity index (χ1) is 12.6. The molecule has 0 aliphatic carbocycles. The summed E-state index contributed by atoms with van der Waals surface area (Å²) in [6.07, 6.45) is -14.8. The van der Waals surface area contributed by atoms with Gasteiger partial charge in [-0.2, -0.15) is 26.3 Å². The minimum absolute atomic E-state index is 0.0273. The van der Waals surface area contributed by atoms with Crippen LogP contribution < -0.4 is 10.6 Å². The SMILES string of the molecule is CCOP(=O)(OCC)[C@@](C)(CC)CC1=N[C@@H](O)NC(C(F)(F)F)(C(F)(F)F)N1. The molecule has 0 aromatic heterocycles. The number of hydrogen-bond donors (Lipinski definition) is 3. The third kappa shape index (κ3) is 4.64. The fraction of sp³-hybridized carbons (Fsp3) is 0.929. The Hall–Kier alpha value is -0.880. The van der Waals surface area contributed by atoms with Gasteiger partial charge in [-0.05, 0) is 27.2 Å². The van der Waals surface area contributed by atoms with E-state index in [1.54, 1.807) is 0 Å². The number of aliphatic imine (C=N–C) groups is 1. The summed E-state index contributed by atoms with van der Waals surface area (Å²) in [5.41, 5.74) is -4.62. The van der Waals surface area contributed by atoms with Crippen molar-refractivity contribution >= 4 is 13.4 Å². The van der Waals surface area contributed by atoms with Crippen molar-refractivity contribution in [2.45, 2.75) is 70.1 Å². The van der Waals surface area contributed by atoms with Crippen LogP contribution in [0.15, 0.2) is 4.99 Å². The van der Waals surface area contributed by atoms with E-state index in [9.17, 15) is 36.0 Å². The Morgan fingerprint density at radius 2 is 1.57 bits per heavy atom. The Labute approximate surface area is 158 Å². The van der Waals surface area contributed by atoms with Gasteiger partial charge in [0.05, 0.1) is 18.4 Å². The Kier molecular flexibility index (Phi) is 7.61. The van der Waals surface area contributed by atoms with Crippen LogP contribution in [-0.4, -0.2) is 53.7 Å². The topological polar surface area (TPSA) is 92.2 Å². The molecule has 2 atom stereocenters. The summed E-state index contributed by atoms with van der Waals surface area (Å²) < 4.78 is 103. The maximum absolute atomic E-state index is 13.3. The van der Waals surface area contributed by atoms with Crippen molar-refractivity contribution in [3.8, 4) is 0 Å². The van der Waals surface area contributed by atoms with Gasteiger partial charge >= 0.3 is 19.9 Å². The molecule has 0 amide bonds. The molecule has 166 valence electrons. The summed E-state index contributed by atoms with van der Waals surface area (Å²) in [5, 5.41) is 10.4. The maximum Gasteiger partial charge on any atom is 0.434 e. The van der Waals surface area contributed by atoms with Crippen molar-refractivity contribution in [2.24, 2.45) is 4.99 Å². The molecule has 0 aromatic carbocycles. The molecule has 0 radical (unpaired) electrons. The van der Waals surface area contributed by atoms with Crippen LogP contribution in [0.3, 0.4) is 0 Å². The van der Waals surface area contributed by atoms with Crippen molar-refractivity contribution in [2.75, 3.05) is 13.2 Å². The number of aliphatic hydroxyl groups is 1. The first kappa shape index (κ1) is 25.2. The van der Waals surface area contributed by atoms with E-state index in [4.69, 9.17) is 9.05 Å². The number of halogens is 6. The van der Waals surface area contributed by atoms with E-state index in [-0.39, 0.29) is 19.6 Å². The Morgan fingerprint density at radius 3 is 1.93 bits per heavy atom. The summed E-state index contributed by atoms with van der Waals surface area (Å²) in [4.78, 5) is 3.39. The van der Waals surface area contributed by atoms with Gasteiger partial charge in [0, 0.05) is 6.42 Å². The predicted molar refractivity (Wildman–Crippen MR) is 88.7 cm³/mol. The molecule has 14 heteroatoms. The monoisotopic (exact) mass is 443 g/mol. The lowest BCUT2D eigenvalue weighted by molar-refractivity contribution is -0.321. The molecule has 28 heavy (non-hydrogen) atoms. The number of rotatable bonds is 8. The van der Waals surface area contributed by atoms with Gasteiger partial charge in [0.1, 0.15) is 5.84 Å². The van der Waals surface area contributed by atoms with Gasteiger partial charge in [0.15, 0.2) is 0 Å². The molecule has 0 fully saturated rings. The predicted octanol–water partition coefficient (Wildman–Crippen LogP) is 3.50. The Bertz CT molecular complexity index is 603. The first-order valence-electron chi connectivity index (χ1n) is 8.44. The van der Waals surface area contributed by atoms with Crippen molar-refractivity contribution in [3.63, 3.8) is 0 Å². The molecule has 7 nitrogen and oxygen atoms in total. The van der Waals surface area contributed by atoms with Crippen molar-refractivity contribution in [3.05, 3.63) is 0 Å². The van der Waals surface area contributed by atoms with E-state index >= 15 is 0 Å². The van der Waals surface area contributed by atoms with Gasteiger partial charge in [0.25, 0.3) is 5.66 Å². The Morgan fingerprint density at radius 1 is 1.11 bits per heavy atom. The van der Waals surface area contributed by atoms with Crippen LogP contribution in [0.2, 0.25) is 0 Å². The van der Waals surface area contributed by atoms with Gasteiger partial charge in [-0.3, -0.25) is 4.57 Å². The second-order valence-electron chi connectivity index (χ2n) is 6.32. The van der Waals surface area contributed by atoms with E-state index in [1.165, 1.54) is 33.0 Å². The molecule has 0 spiro atoms. The summed E-state index contributed by atoms with van der Waals surface area (Å²) in [7, 11) is -3.94.